The Morgan fingerprint density at radius 3 is 2.77 bits per heavy atom. The number of amides is 1. The van der Waals surface area contributed by atoms with Crippen molar-refractivity contribution in [3.63, 3.8) is 0 Å². The number of carbonyl (C=O) groups excluding carboxylic acids is 1. The molecule has 1 fully saturated rings. The van der Waals surface area contributed by atoms with Crippen LogP contribution in [0.2, 0.25) is 0 Å². The van der Waals surface area contributed by atoms with Crippen LogP contribution in [0, 0.1) is 11.8 Å². The largest absolute Gasteiger partial charge is 0.495 e. The van der Waals surface area contributed by atoms with Gasteiger partial charge < -0.3 is 25.4 Å². The highest BCUT2D eigenvalue weighted by atomic mass is 32.2. The van der Waals surface area contributed by atoms with Crippen LogP contribution in [-0.2, 0) is 4.74 Å². The molecular formula is C23H22F3N5O3S. The van der Waals surface area contributed by atoms with Crippen molar-refractivity contribution in [1.82, 2.24) is 14.7 Å². The molecule has 0 atom stereocenters. The van der Waals surface area contributed by atoms with E-state index in [2.05, 4.69) is 32.8 Å². The fourth-order valence-electron chi connectivity index (χ4n) is 3.39. The van der Waals surface area contributed by atoms with E-state index < -0.39 is 5.51 Å². The maximum atomic E-state index is 13.3. The second kappa shape index (κ2) is 10.4. The summed E-state index contributed by atoms with van der Waals surface area (Å²) in [6.07, 6.45) is 1.53. The van der Waals surface area contributed by atoms with Gasteiger partial charge in [-0.1, -0.05) is 5.92 Å². The molecule has 1 saturated heterocycles. The third-order valence-electron chi connectivity index (χ3n) is 5.08. The predicted molar refractivity (Wildman–Crippen MR) is 127 cm³/mol. The van der Waals surface area contributed by atoms with E-state index in [4.69, 9.17) is 9.47 Å². The van der Waals surface area contributed by atoms with Gasteiger partial charge in [-0.25, -0.2) is 4.98 Å². The van der Waals surface area contributed by atoms with E-state index in [0.717, 1.165) is 0 Å². The van der Waals surface area contributed by atoms with E-state index in [9.17, 15) is 18.0 Å². The van der Waals surface area contributed by atoms with Gasteiger partial charge in [0.05, 0.1) is 44.3 Å². The molecule has 0 spiro atoms. The predicted octanol–water partition coefficient (Wildman–Crippen LogP) is 3.59. The number of nitrogens with one attached hydrogen (secondary N) is 3. The molecule has 3 aromatic rings. The molecule has 1 amide bonds. The van der Waals surface area contributed by atoms with Gasteiger partial charge in [0.15, 0.2) is 5.65 Å². The molecule has 35 heavy (non-hydrogen) atoms. The zero-order valence-corrected chi connectivity index (χ0v) is 19.6. The number of hydrogen-bond acceptors (Lipinski definition) is 7. The quantitative estimate of drug-likeness (QED) is 0.334. The van der Waals surface area contributed by atoms with Crippen molar-refractivity contribution < 1.29 is 27.4 Å². The number of thioether (sulfide) groups is 1. The van der Waals surface area contributed by atoms with Gasteiger partial charge in [-0.3, -0.25) is 9.20 Å². The maximum Gasteiger partial charge on any atom is 0.447 e. The molecule has 8 nitrogen and oxygen atoms in total. The van der Waals surface area contributed by atoms with Crippen LogP contribution in [0.3, 0.4) is 0 Å². The molecule has 184 valence electrons. The lowest BCUT2D eigenvalue weighted by atomic mass is 10.1. The monoisotopic (exact) mass is 505 g/mol. The van der Waals surface area contributed by atoms with Crippen molar-refractivity contribution in [2.45, 2.75) is 16.6 Å². The normalized spacial score (nSPS) is 13.5. The minimum atomic E-state index is -4.51. The lowest BCUT2D eigenvalue weighted by molar-refractivity contribution is -0.0330. The fraction of sp³-hybridized carbons (Fsp3) is 0.304. The van der Waals surface area contributed by atoms with E-state index in [1.165, 1.54) is 24.8 Å². The van der Waals surface area contributed by atoms with E-state index >= 15 is 0 Å². The highest BCUT2D eigenvalue weighted by molar-refractivity contribution is 8.00. The summed E-state index contributed by atoms with van der Waals surface area (Å²) in [5.74, 6) is 5.80. The topological polar surface area (TPSA) is 88.9 Å². The first-order chi connectivity index (χ1) is 16.8. The van der Waals surface area contributed by atoms with Gasteiger partial charge >= 0.3 is 5.51 Å². The summed E-state index contributed by atoms with van der Waals surface area (Å²) in [5, 5.41) is 8.70. The Kier molecular flexibility index (Phi) is 7.28. The number of rotatable bonds is 7. The van der Waals surface area contributed by atoms with Gasteiger partial charge in [-0.15, -0.1) is 0 Å². The van der Waals surface area contributed by atoms with Crippen LogP contribution in [0.1, 0.15) is 16.1 Å². The van der Waals surface area contributed by atoms with E-state index in [-0.39, 0.29) is 41.0 Å². The van der Waals surface area contributed by atoms with Crippen LogP contribution in [0.25, 0.3) is 5.65 Å². The molecule has 2 aromatic heterocycles. The first kappa shape index (κ1) is 24.6. The number of anilines is 2. The number of hydrogen-bond donors (Lipinski definition) is 3. The molecule has 0 aliphatic carbocycles. The average Bonchev–Trinajstić information content (AvgIpc) is 3.14. The zero-order chi connectivity index (χ0) is 25.0. The van der Waals surface area contributed by atoms with Gasteiger partial charge in [0.25, 0.3) is 5.91 Å². The number of alkyl halides is 3. The van der Waals surface area contributed by atoms with Crippen LogP contribution < -0.4 is 20.7 Å². The van der Waals surface area contributed by atoms with Gasteiger partial charge in [-0.2, -0.15) is 13.2 Å². The van der Waals surface area contributed by atoms with Crippen molar-refractivity contribution in [3.8, 4) is 17.6 Å². The van der Waals surface area contributed by atoms with Gasteiger partial charge in [-0.05, 0) is 36.3 Å². The Hall–Kier alpha value is -3.56. The Bertz CT molecular complexity index is 1300. The molecule has 3 heterocycles. The minimum Gasteiger partial charge on any atom is -0.495 e. The smallest absolute Gasteiger partial charge is 0.447 e. The maximum absolute atomic E-state index is 13.3. The second-order valence-electron chi connectivity index (χ2n) is 7.46. The summed E-state index contributed by atoms with van der Waals surface area (Å²) >= 11 is -0.260. The molecule has 3 N–H and O–H groups in total. The van der Waals surface area contributed by atoms with Crippen LogP contribution in [-0.4, -0.2) is 60.8 Å². The number of ether oxygens (including phenoxy) is 2. The van der Waals surface area contributed by atoms with E-state index in [0.29, 0.717) is 41.5 Å². The van der Waals surface area contributed by atoms with Crippen molar-refractivity contribution in [3.05, 3.63) is 47.8 Å². The summed E-state index contributed by atoms with van der Waals surface area (Å²) in [7, 11) is 3.02. The number of halogens is 3. The second-order valence-corrected chi connectivity index (χ2v) is 8.51. The van der Waals surface area contributed by atoms with Crippen LogP contribution >= 0.6 is 11.8 Å². The number of nitrogens with zero attached hydrogens (tertiary/aromatic N) is 2. The molecule has 1 aliphatic rings. The van der Waals surface area contributed by atoms with Crippen LogP contribution in [0.4, 0.5) is 24.5 Å². The van der Waals surface area contributed by atoms with E-state index in [1.807, 2.05) is 0 Å². The molecule has 0 saturated carbocycles. The number of fused-ring (bicyclic) bond motifs is 1. The SMILES string of the molecule is CNC(=O)c1ccc(OC)c(NCC#Cc2nc3c(NC4COC4)cccn3c2SC(F)(F)F)c1. The molecule has 0 bridgehead atoms. The first-order valence-corrected chi connectivity index (χ1v) is 11.3. The number of benzene rings is 1. The molecule has 1 aromatic carbocycles. The highest BCUT2D eigenvalue weighted by Crippen LogP contribution is 2.39. The standard InChI is InChI=1S/C23H22F3N5O3S/c1-27-21(32)14-7-8-19(33-2)18(11-14)28-9-3-5-17-22(35-23(24,25)26)31-10-4-6-16(20(31)30-17)29-15-12-34-13-15/h4,6-8,10-11,15,28-29H,9,12-13H2,1-2H3,(H,27,32). The van der Waals surface area contributed by atoms with Crippen LogP contribution in [0.15, 0.2) is 41.6 Å². The lowest BCUT2D eigenvalue weighted by Crippen LogP contribution is -2.40. The van der Waals surface area contributed by atoms with Crippen molar-refractivity contribution >= 4 is 34.7 Å². The van der Waals surface area contributed by atoms with Crippen molar-refractivity contribution in [2.24, 2.45) is 0 Å². The summed E-state index contributed by atoms with van der Waals surface area (Å²) in [6.45, 7) is 1.13. The number of methoxy groups -OCH3 is 1. The first-order valence-electron chi connectivity index (χ1n) is 10.5. The summed E-state index contributed by atoms with van der Waals surface area (Å²) < 4.78 is 51.8. The molecule has 0 radical (unpaired) electrons. The molecule has 12 heteroatoms. The number of carbonyl (C=O) groups is 1. The number of aromatic nitrogens is 2. The van der Waals surface area contributed by atoms with Gasteiger partial charge in [0, 0.05) is 30.6 Å². The third-order valence-corrected chi connectivity index (χ3v) is 5.89. The van der Waals surface area contributed by atoms with Crippen molar-refractivity contribution in [2.75, 3.05) is 44.5 Å². The van der Waals surface area contributed by atoms with Crippen molar-refractivity contribution in [1.29, 1.82) is 0 Å². The van der Waals surface area contributed by atoms with Gasteiger partial charge in [0.1, 0.15) is 16.5 Å². The average molecular weight is 506 g/mol. The summed E-state index contributed by atoms with van der Waals surface area (Å²) in [6, 6.07) is 8.36. The Morgan fingerprint density at radius 1 is 1.31 bits per heavy atom. The summed E-state index contributed by atoms with van der Waals surface area (Å²) in [4.78, 5) is 16.3. The lowest BCUT2D eigenvalue weighted by Gasteiger charge is -2.27. The molecule has 1 aliphatic heterocycles. The Labute approximate surface area is 203 Å². The fourth-order valence-corrected chi connectivity index (χ4v) is 4.04. The zero-order valence-electron chi connectivity index (χ0n) is 18.8. The van der Waals surface area contributed by atoms with Gasteiger partial charge in [0.2, 0.25) is 0 Å². The van der Waals surface area contributed by atoms with Crippen LogP contribution in [0.5, 0.6) is 5.75 Å². The number of imidazole rings is 1. The molecule has 4 rings (SSSR count). The third kappa shape index (κ3) is 5.75. The Balaban J connectivity index is 1.61. The highest BCUT2D eigenvalue weighted by Gasteiger charge is 2.33. The minimum absolute atomic E-state index is 0.0133. The molecular weight excluding hydrogens is 483 g/mol. The van der Waals surface area contributed by atoms with E-state index in [1.54, 1.807) is 30.3 Å². The molecule has 0 unspecified atom stereocenters. The number of pyridine rings is 1. The Morgan fingerprint density at radius 2 is 2.11 bits per heavy atom. The summed E-state index contributed by atoms with van der Waals surface area (Å²) in [5.41, 5.74) is -2.60.